The minimum absolute atomic E-state index is 0.0374. The SMILES string of the molecule is CCOc1ccc(C2/C(=C(/O)c3ccc4c(c3)OCO4)C(=O)C(=O)N2CCCOC)cc1. The van der Waals surface area contributed by atoms with Crippen LogP contribution in [0.5, 0.6) is 17.2 Å². The standard InChI is InChI=1S/C24H25NO7/c1-3-30-17-8-5-15(6-9-17)21-20(23(27)24(28)25(21)11-4-12-29-2)22(26)16-7-10-18-19(13-16)32-14-31-18/h5-10,13,21,26H,3-4,11-12,14H2,1-2H3/b22-20-. The maximum atomic E-state index is 13.0. The highest BCUT2D eigenvalue weighted by molar-refractivity contribution is 6.46. The molecular formula is C24H25NO7. The molecule has 2 aromatic rings. The van der Waals surface area contributed by atoms with Crippen LogP contribution in [0.3, 0.4) is 0 Å². The first-order valence-electron chi connectivity index (χ1n) is 10.4. The summed E-state index contributed by atoms with van der Waals surface area (Å²) in [5.41, 5.74) is 1.11. The number of nitrogens with zero attached hydrogens (tertiary/aromatic N) is 1. The number of hydrogen-bond acceptors (Lipinski definition) is 7. The number of amides is 1. The number of likely N-dealkylation sites (tertiary alicyclic amines) is 1. The zero-order valence-corrected chi connectivity index (χ0v) is 18.0. The first-order valence-corrected chi connectivity index (χ1v) is 10.4. The Morgan fingerprint density at radius 2 is 1.88 bits per heavy atom. The van der Waals surface area contributed by atoms with E-state index in [1.165, 1.54) is 4.90 Å². The number of carbonyl (C=O) groups excluding carboxylic acids is 2. The van der Waals surface area contributed by atoms with Gasteiger partial charge in [0.25, 0.3) is 11.7 Å². The van der Waals surface area contributed by atoms with Gasteiger partial charge in [0.15, 0.2) is 11.5 Å². The van der Waals surface area contributed by atoms with Crippen molar-refractivity contribution in [1.29, 1.82) is 0 Å². The second-order valence-electron chi connectivity index (χ2n) is 7.41. The van der Waals surface area contributed by atoms with Gasteiger partial charge in [0, 0.05) is 25.8 Å². The van der Waals surface area contributed by atoms with Crippen LogP contribution in [-0.2, 0) is 14.3 Å². The third-order valence-electron chi connectivity index (χ3n) is 5.44. The Hall–Kier alpha value is -3.52. The first-order chi connectivity index (χ1) is 15.5. The number of fused-ring (bicyclic) bond motifs is 1. The number of Topliss-reactive ketones (excluding diaryl/α,β-unsaturated/α-hetero) is 1. The molecular weight excluding hydrogens is 414 g/mol. The Balaban J connectivity index is 1.77. The summed E-state index contributed by atoms with van der Waals surface area (Å²) in [5.74, 6) is 0.0856. The van der Waals surface area contributed by atoms with E-state index >= 15 is 0 Å². The van der Waals surface area contributed by atoms with Crippen LogP contribution in [0.4, 0.5) is 0 Å². The number of hydrogen-bond donors (Lipinski definition) is 1. The highest BCUT2D eigenvalue weighted by Gasteiger charge is 2.45. The van der Waals surface area contributed by atoms with E-state index in [0.29, 0.717) is 54.6 Å². The maximum absolute atomic E-state index is 13.0. The van der Waals surface area contributed by atoms with Crippen molar-refractivity contribution in [3.05, 3.63) is 59.2 Å². The van der Waals surface area contributed by atoms with Crippen molar-refractivity contribution in [2.24, 2.45) is 0 Å². The lowest BCUT2D eigenvalue weighted by atomic mass is 9.95. The van der Waals surface area contributed by atoms with E-state index in [1.54, 1.807) is 49.6 Å². The molecule has 8 heteroatoms. The minimum atomic E-state index is -0.729. The smallest absolute Gasteiger partial charge is 0.295 e. The van der Waals surface area contributed by atoms with Crippen LogP contribution < -0.4 is 14.2 Å². The first kappa shape index (κ1) is 21.7. The van der Waals surface area contributed by atoms with Crippen molar-refractivity contribution < 1.29 is 33.6 Å². The number of carbonyl (C=O) groups is 2. The zero-order chi connectivity index (χ0) is 22.7. The van der Waals surface area contributed by atoms with Crippen LogP contribution in [0.15, 0.2) is 48.0 Å². The normalized spacial score (nSPS) is 18.9. The van der Waals surface area contributed by atoms with Gasteiger partial charge in [-0.25, -0.2) is 0 Å². The van der Waals surface area contributed by atoms with E-state index in [2.05, 4.69) is 0 Å². The lowest BCUT2D eigenvalue weighted by Gasteiger charge is -2.25. The van der Waals surface area contributed by atoms with Crippen LogP contribution >= 0.6 is 0 Å². The van der Waals surface area contributed by atoms with Gasteiger partial charge in [-0.15, -0.1) is 0 Å². The lowest BCUT2D eigenvalue weighted by Crippen LogP contribution is -2.31. The molecule has 0 aromatic heterocycles. The molecule has 1 amide bonds. The van der Waals surface area contributed by atoms with Gasteiger partial charge >= 0.3 is 0 Å². The molecule has 0 radical (unpaired) electrons. The summed E-state index contributed by atoms with van der Waals surface area (Å²) >= 11 is 0. The quantitative estimate of drug-likeness (QED) is 0.292. The van der Waals surface area contributed by atoms with Crippen molar-refractivity contribution in [1.82, 2.24) is 4.90 Å². The second kappa shape index (κ2) is 9.32. The molecule has 1 fully saturated rings. The van der Waals surface area contributed by atoms with Gasteiger partial charge < -0.3 is 29.0 Å². The average molecular weight is 439 g/mol. The number of aliphatic hydroxyl groups is 1. The van der Waals surface area contributed by atoms with Crippen molar-refractivity contribution in [2.45, 2.75) is 19.4 Å². The maximum Gasteiger partial charge on any atom is 0.295 e. The van der Waals surface area contributed by atoms with Crippen LogP contribution in [0.1, 0.15) is 30.5 Å². The second-order valence-corrected chi connectivity index (χ2v) is 7.41. The Bertz CT molecular complexity index is 1040. The number of ether oxygens (including phenoxy) is 4. The largest absolute Gasteiger partial charge is 0.507 e. The summed E-state index contributed by atoms with van der Waals surface area (Å²) in [7, 11) is 1.58. The zero-order valence-electron chi connectivity index (χ0n) is 18.0. The number of aliphatic hydroxyl groups excluding tert-OH is 1. The highest BCUT2D eigenvalue weighted by atomic mass is 16.7. The molecule has 0 bridgehead atoms. The van der Waals surface area contributed by atoms with Gasteiger partial charge in [-0.05, 0) is 49.2 Å². The van der Waals surface area contributed by atoms with Gasteiger partial charge in [0.05, 0.1) is 18.2 Å². The van der Waals surface area contributed by atoms with Gasteiger partial charge in [-0.3, -0.25) is 9.59 Å². The fourth-order valence-corrected chi connectivity index (χ4v) is 3.95. The topological polar surface area (TPSA) is 94.5 Å². The molecule has 2 heterocycles. The van der Waals surface area contributed by atoms with Gasteiger partial charge in [0.2, 0.25) is 6.79 Å². The Morgan fingerprint density at radius 3 is 2.59 bits per heavy atom. The lowest BCUT2D eigenvalue weighted by molar-refractivity contribution is -0.140. The number of benzene rings is 2. The summed E-state index contributed by atoms with van der Waals surface area (Å²) in [6.45, 7) is 3.27. The Labute approximate surface area is 185 Å². The third-order valence-corrected chi connectivity index (χ3v) is 5.44. The molecule has 2 aliphatic heterocycles. The van der Waals surface area contributed by atoms with Crippen LogP contribution in [-0.4, -0.2) is 55.4 Å². The number of methoxy groups -OCH3 is 1. The monoisotopic (exact) mass is 439 g/mol. The molecule has 4 rings (SSSR count). The number of ketones is 1. The molecule has 2 aliphatic rings. The van der Waals surface area contributed by atoms with E-state index in [9.17, 15) is 14.7 Å². The summed E-state index contributed by atoms with van der Waals surface area (Å²) in [6, 6.07) is 11.4. The van der Waals surface area contributed by atoms with E-state index in [4.69, 9.17) is 18.9 Å². The van der Waals surface area contributed by atoms with Crippen molar-refractivity contribution in [3.63, 3.8) is 0 Å². The van der Waals surface area contributed by atoms with Crippen molar-refractivity contribution in [2.75, 3.05) is 33.7 Å². The molecule has 8 nitrogen and oxygen atoms in total. The third kappa shape index (κ3) is 4.01. The molecule has 0 saturated carbocycles. The van der Waals surface area contributed by atoms with Gasteiger partial charge in [0.1, 0.15) is 11.5 Å². The summed E-state index contributed by atoms with van der Waals surface area (Å²) in [6.07, 6.45) is 0.557. The van der Waals surface area contributed by atoms with E-state index in [0.717, 1.165) is 0 Å². The average Bonchev–Trinajstić information content (AvgIpc) is 3.37. The highest BCUT2D eigenvalue weighted by Crippen LogP contribution is 2.41. The Morgan fingerprint density at radius 1 is 1.12 bits per heavy atom. The molecule has 0 spiro atoms. The van der Waals surface area contributed by atoms with Crippen LogP contribution in [0.2, 0.25) is 0 Å². The van der Waals surface area contributed by atoms with E-state index < -0.39 is 17.7 Å². The summed E-state index contributed by atoms with van der Waals surface area (Å²) in [4.78, 5) is 27.4. The van der Waals surface area contributed by atoms with E-state index in [1.807, 2.05) is 6.92 Å². The van der Waals surface area contributed by atoms with Gasteiger partial charge in [-0.1, -0.05) is 12.1 Å². The molecule has 1 atom stereocenters. The molecule has 32 heavy (non-hydrogen) atoms. The van der Waals surface area contributed by atoms with Gasteiger partial charge in [-0.2, -0.15) is 0 Å². The van der Waals surface area contributed by atoms with E-state index in [-0.39, 0.29) is 18.1 Å². The predicted octanol–water partition coefficient (Wildman–Crippen LogP) is 3.27. The van der Waals surface area contributed by atoms with Crippen LogP contribution in [0.25, 0.3) is 5.76 Å². The summed E-state index contributed by atoms with van der Waals surface area (Å²) in [5, 5.41) is 11.1. The summed E-state index contributed by atoms with van der Waals surface area (Å²) < 4.78 is 21.3. The fraction of sp³-hybridized carbons (Fsp3) is 0.333. The molecule has 2 aromatic carbocycles. The minimum Gasteiger partial charge on any atom is -0.507 e. The predicted molar refractivity (Wildman–Crippen MR) is 116 cm³/mol. The molecule has 0 aliphatic carbocycles. The Kier molecular flexibility index (Phi) is 6.32. The number of rotatable bonds is 8. The molecule has 1 saturated heterocycles. The molecule has 168 valence electrons. The molecule has 1 unspecified atom stereocenters. The van der Waals surface area contributed by atoms with Crippen molar-refractivity contribution >= 4 is 17.4 Å². The fourth-order valence-electron chi connectivity index (χ4n) is 3.95. The van der Waals surface area contributed by atoms with Crippen LogP contribution in [0, 0.1) is 0 Å². The molecule has 1 N–H and O–H groups in total. The van der Waals surface area contributed by atoms with Crippen molar-refractivity contribution in [3.8, 4) is 17.2 Å².